The molecule has 1 aromatic carbocycles. The summed E-state index contributed by atoms with van der Waals surface area (Å²) in [6.45, 7) is 5.61. The average molecular weight is 405 g/mol. The van der Waals surface area contributed by atoms with Gasteiger partial charge in [0.05, 0.1) is 19.4 Å². The number of ketones is 1. The molecule has 1 unspecified atom stereocenters. The van der Waals surface area contributed by atoms with E-state index in [1.54, 1.807) is 31.4 Å². The van der Waals surface area contributed by atoms with Crippen LogP contribution in [0.4, 0.5) is 4.79 Å². The Balaban J connectivity index is 1.56. The molecule has 0 radical (unpaired) electrons. The Morgan fingerprint density at radius 1 is 1.10 bits per heavy atom. The van der Waals surface area contributed by atoms with E-state index in [-0.39, 0.29) is 12.3 Å². The van der Waals surface area contributed by atoms with Gasteiger partial charge in [-0.1, -0.05) is 30.3 Å². The summed E-state index contributed by atoms with van der Waals surface area (Å²) in [5, 5.41) is 2.73. The zero-order chi connectivity index (χ0) is 21.5. The first kappa shape index (κ1) is 19.7. The number of carbonyl (C=O) groups excluding carboxylic acids is 3. The van der Waals surface area contributed by atoms with Crippen molar-refractivity contribution in [3.63, 3.8) is 0 Å². The Morgan fingerprint density at radius 3 is 2.50 bits per heavy atom. The Kier molecular flexibility index (Phi) is 4.81. The summed E-state index contributed by atoms with van der Waals surface area (Å²) in [6.07, 6.45) is 1.61. The Bertz CT molecular complexity index is 1120. The van der Waals surface area contributed by atoms with Gasteiger partial charge in [0.15, 0.2) is 5.78 Å². The van der Waals surface area contributed by atoms with Gasteiger partial charge in [0.25, 0.3) is 5.91 Å². The van der Waals surface area contributed by atoms with Gasteiger partial charge >= 0.3 is 6.03 Å². The minimum atomic E-state index is -1.19. The van der Waals surface area contributed by atoms with Crippen LogP contribution in [0, 0.1) is 13.8 Å². The van der Waals surface area contributed by atoms with Gasteiger partial charge in [-0.2, -0.15) is 0 Å². The molecule has 2 aromatic heterocycles. The molecule has 0 spiro atoms. The second kappa shape index (κ2) is 7.33. The van der Waals surface area contributed by atoms with Gasteiger partial charge in [0, 0.05) is 17.0 Å². The van der Waals surface area contributed by atoms with Crippen LogP contribution in [0.15, 0.2) is 59.2 Å². The maximum Gasteiger partial charge on any atom is 0.325 e. The molecule has 30 heavy (non-hydrogen) atoms. The molecule has 0 bridgehead atoms. The summed E-state index contributed by atoms with van der Waals surface area (Å²) in [5.74, 6) is 0.0644. The Morgan fingerprint density at radius 2 is 1.83 bits per heavy atom. The van der Waals surface area contributed by atoms with E-state index in [1.807, 2.05) is 48.7 Å². The molecule has 1 aliphatic heterocycles. The number of urea groups is 1. The molecule has 154 valence electrons. The number of aromatic nitrogens is 1. The third-order valence-electron chi connectivity index (χ3n) is 5.70. The molecule has 1 aliphatic rings. The van der Waals surface area contributed by atoms with Crippen LogP contribution in [-0.2, 0) is 16.9 Å². The summed E-state index contributed by atoms with van der Waals surface area (Å²) in [4.78, 5) is 39.6. The zero-order valence-corrected chi connectivity index (χ0v) is 17.1. The molecule has 4 rings (SSSR count). The SMILES string of the molecule is Cc1cc(C(=O)CN2C(=O)NC(C)(c3ccccc3)C2=O)c(C)n1Cc1ccco1. The van der Waals surface area contributed by atoms with Crippen molar-refractivity contribution in [3.05, 3.63) is 83.1 Å². The molecule has 1 fully saturated rings. The van der Waals surface area contributed by atoms with Gasteiger partial charge in [-0.3, -0.25) is 14.5 Å². The van der Waals surface area contributed by atoms with Gasteiger partial charge in [-0.15, -0.1) is 0 Å². The van der Waals surface area contributed by atoms with Crippen LogP contribution in [0.5, 0.6) is 0 Å². The van der Waals surface area contributed by atoms with Crippen molar-refractivity contribution in [3.8, 4) is 0 Å². The summed E-state index contributed by atoms with van der Waals surface area (Å²) in [7, 11) is 0. The van der Waals surface area contributed by atoms with Crippen molar-refractivity contribution in [2.45, 2.75) is 32.9 Å². The predicted octanol–water partition coefficient (Wildman–Crippen LogP) is 3.40. The number of furan rings is 1. The summed E-state index contributed by atoms with van der Waals surface area (Å²) in [5.41, 5.74) is 1.66. The lowest BCUT2D eigenvalue weighted by molar-refractivity contribution is -0.130. The second-order valence-corrected chi connectivity index (χ2v) is 7.69. The molecule has 3 heterocycles. The largest absolute Gasteiger partial charge is 0.467 e. The van der Waals surface area contributed by atoms with Crippen molar-refractivity contribution in [2.75, 3.05) is 6.54 Å². The molecule has 0 aliphatic carbocycles. The lowest BCUT2D eigenvalue weighted by Crippen LogP contribution is -2.41. The highest BCUT2D eigenvalue weighted by atomic mass is 16.3. The van der Waals surface area contributed by atoms with Crippen molar-refractivity contribution < 1.29 is 18.8 Å². The first-order valence-electron chi connectivity index (χ1n) is 9.73. The minimum absolute atomic E-state index is 0.283. The van der Waals surface area contributed by atoms with Crippen molar-refractivity contribution >= 4 is 17.7 Å². The fourth-order valence-electron chi connectivity index (χ4n) is 3.92. The van der Waals surface area contributed by atoms with Gasteiger partial charge in [-0.25, -0.2) is 4.79 Å². The van der Waals surface area contributed by atoms with Gasteiger partial charge in [0.1, 0.15) is 11.3 Å². The van der Waals surface area contributed by atoms with Gasteiger partial charge < -0.3 is 14.3 Å². The highest BCUT2D eigenvalue weighted by Gasteiger charge is 2.49. The number of hydrogen-bond donors (Lipinski definition) is 1. The van der Waals surface area contributed by atoms with E-state index in [4.69, 9.17) is 4.42 Å². The molecule has 1 N–H and O–H groups in total. The molecular formula is C23H23N3O4. The highest BCUT2D eigenvalue weighted by molar-refractivity contribution is 6.11. The number of nitrogens with one attached hydrogen (secondary N) is 1. The first-order valence-corrected chi connectivity index (χ1v) is 9.73. The molecule has 7 nitrogen and oxygen atoms in total. The van der Waals surface area contributed by atoms with E-state index in [1.165, 1.54) is 0 Å². The zero-order valence-electron chi connectivity index (χ0n) is 17.1. The standard InChI is InChI=1S/C23H23N3O4/c1-15-12-19(16(2)25(15)13-18-10-7-11-30-18)20(27)14-26-21(28)23(3,24-22(26)29)17-8-5-4-6-9-17/h4-12H,13-14H2,1-3H3,(H,24,29). The van der Waals surface area contributed by atoms with Crippen LogP contribution in [0.1, 0.15) is 40.0 Å². The number of amides is 3. The van der Waals surface area contributed by atoms with E-state index < -0.39 is 17.5 Å². The Hall–Kier alpha value is -3.61. The number of hydrogen-bond acceptors (Lipinski definition) is 4. The molecular weight excluding hydrogens is 382 g/mol. The van der Waals surface area contributed by atoms with E-state index >= 15 is 0 Å². The molecule has 7 heteroatoms. The van der Waals surface area contributed by atoms with Crippen molar-refractivity contribution in [1.29, 1.82) is 0 Å². The fourth-order valence-corrected chi connectivity index (χ4v) is 3.92. The smallest absolute Gasteiger partial charge is 0.325 e. The van der Waals surface area contributed by atoms with Crippen LogP contribution in [0.2, 0.25) is 0 Å². The van der Waals surface area contributed by atoms with Crippen LogP contribution in [0.25, 0.3) is 0 Å². The molecule has 1 saturated heterocycles. The van der Waals surface area contributed by atoms with E-state index in [2.05, 4.69) is 5.32 Å². The second-order valence-electron chi connectivity index (χ2n) is 7.69. The van der Waals surface area contributed by atoms with Crippen LogP contribution >= 0.6 is 0 Å². The normalized spacial score (nSPS) is 18.7. The Labute approximate surface area is 174 Å². The first-order chi connectivity index (χ1) is 14.3. The maximum absolute atomic E-state index is 13.0. The monoisotopic (exact) mass is 405 g/mol. The molecule has 3 aromatic rings. The fraction of sp³-hybridized carbons (Fsp3) is 0.261. The third kappa shape index (κ3) is 3.22. The average Bonchev–Trinajstić information content (AvgIpc) is 3.40. The van der Waals surface area contributed by atoms with Gasteiger partial charge in [-0.05, 0) is 44.5 Å². The molecule has 0 saturated carbocycles. The number of benzene rings is 1. The number of imide groups is 1. The highest BCUT2D eigenvalue weighted by Crippen LogP contribution is 2.29. The van der Waals surface area contributed by atoms with Gasteiger partial charge in [0.2, 0.25) is 0 Å². The van der Waals surface area contributed by atoms with Crippen LogP contribution in [-0.4, -0.2) is 33.7 Å². The van der Waals surface area contributed by atoms with E-state index in [0.29, 0.717) is 17.7 Å². The molecule has 3 amide bonds. The summed E-state index contributed by atoms with van der Waals surface area (Å²) in [6, 6.07) is 13.9. The lowest BCUT2D eigenvalue weighted by atomic mass is 9.92. The number of rotatable bonds is 6. The summed E-state index contributed by atoms with van der Waals surface area (Å²) < 4.78 is 7.38. The minimum Gasteiger partial charge on any atom is -0.467 e. The number of carbonyl (C=O) groups is 3. The number of aryl methyl sites for hydroxylation is 1. The predicted molar refractivity (Wildman–Crippen MR) is 110 cm³/mol. The molecule has 1 atom stereocenters. The topological polar surface area (TPSA) is 84.5 Å². The van der Waals surface area contributed by atoms with Crippen molar-refractivity contribution in [2.24, 2.45) is 0 Å². The van der Waals surface area contributed by atoms with E-state index in [9.17, 15) is 14.4 Å². The van der Waals surface area contributed by atoms with Crippen molar-refractivity contribution in [1.82, 2.24) is 14.8 Å². The van der Waals surface area contributed by atoms with Crippen LogP contribution in [0.3, 0.4) is 0 Å². The summed E-state index contributed by atoms with van der Waals surface area (Å²) >= 11 is 0. The quantitative estimate of drug-likeness (QED) is 0.503. The third-order valence-corrected chi connectivity index (χ3v) is 5.70. The lowest BCUT2D eigenvalue weighted by Gasteiger charge is -2.22. The number of Topliss-reactive ketones (excluding diaryl/α,β-unsaturated/α-hetero) is 1. The number of nitrogens with zero attached hydrogens (tertiary/aromatic N) is 2. The maximum atomic E-state index is 13.0. The van der Waals surface area contributed by atoms with E-state index in [0.717, 1.165) is 22.0 Å². The van der Waals surface area contributed by atoms with Crippen LogP contribution < -0.4 is 5.32 Å².